The fourth-order valence-corrected chi connectivity index (χ4v) is 2.87. The van der Waals surface area contributed by atoms with Gasteiger partial charge < -0.3 is 0 Å². The van der Waals surface area contributed by atoms with Crippen molar-refractivity contribution in [3.8, 4) is 0 Å². The largest absolute Gasteiger partial charge is 0.298 e. The molecule has 0 N–H and O–H groups in total. The Kier molecular flexibility index (Phi) is 3.02. The molecule has 1 aromatic rings. The first-order valence-corrected chi connectivity index (χ1v) is 5.93. The van der Waals surface area contributed by atoms with Crippen molar-refractivity contribution in [3.05, 3.63) is 35.4 Å². The summed E-state index contributed by atoms with van der Waals surface area (Å²) in [6.07, 6.45) is 3.36. The molecule has 1 fully saturated rings. The molecule has 0 saturated heterocycles. The van der Waals surface area contributed by atoms with Crippen LogP contribution in [0.1, 0.15) is 48.5 Å². The second kappa shape index (κ2) is 4.21. The summed E-state index contributed by atoms with van der Waals surface area (Å²) in [6, 6.07) is 6.66. The fourth-order valence-electron chi connectivity index (χ4n) is 2.87. The van der Waals surface area contributed by atoms with Crippen LogP contribution in [0.5, 0.6) is 0 Å². The minimum atomic E-state index is -2.75. The van der Waals surface area contributed by atoms with Crippen molar-refractivity contribution >= 4 is 6.29 Å². The van der Waals surface area contributed by atoms with Gasteiger partial charge in [-0.2, -0.15) is 0 Å². The van der Waals surface area contributed by atoms with Crippen molar-refractivity contribution in [1.29, 1.82) is 0 Å². The summed E-state index contributed by atoms with van der Waals surface area (Å²) in [5.41, 5.74) is -0.00317. The summed E-state index contributed by atoms with van der Waals surface area (Å²) < 4.78 is 27.8. The molecule has 3 heteroatoms. The van der Waals surface area contributed by atoms with E-state index in [0.29, 0.717) is 30.3 Å². The Morgan fingerprint density at radius 1 is 1.29 bits per heavy atom. The maximum Gasteiger partial charge on any atom is 0.254 e. The van der Waals surface area contributed by atoms with Crippen LogP contribution < -0.4 is 0 Å². The molecule has 1 nitrogen and oxygen atoms in total. The molecule has 92 valence electrons. The minimum Gasteiger partial charge on any atom is -0.298 e. The molecule has 0 heterocycles. The van der Waals surface area contributed by atoms with Gasteiger partial charge >= 0.3 is 0 Å². The van der Waals surface area contributed by atoms with Crippen molar-refractivity contribution in [2.24, 2.45) is 0 Å². The molecular weight excluding hydrogens is 222 g/mol. The van der Waals surface area contributed by atoms with E-state index in [2.05, 4.69) is 0 Å². The molecule has 0 aliphatic heterocycles. The summed E-state index contributed by atoms with van der Waals surface area (Å²) in [5, 5.41) is 0. The quantitative estimate of drug-likeness (QED) is 0.728. The predicted octanol–water partition coefficient (Wildman–Crippen LogP) is 3.97. The predicted molar refractivity (Wildman–Crippen MR) is 62.6 cm³/mol. The molecule has 0 aromatic heterocycles. The maximum atomic E-state index is 13.9. The van der Waals surface area contributed by atoms with Gasteiger partial charge in [0.2, 0.25) is 0 Å². The zero-order chi connectivity index (χ0) is 12.5. The van der Waals surface area contributed by atoms with Gasteiger partial charge in [-0.1, -0.05) is 31.0 Å². The molecule has 0 radical (unpaired) electrons. The summed E-state index contributed by atoms with van der Waals surface area (Å²) in [6.45, 7) is 0.992. The first-order chi connectivity index (χ1) is 7.99. The van der Waals surface area contributed by atoms with Crippen LogP contribution in [0.2, 0.25) is 0 Å². The Labute approximate surface area is 99.8 Å². The molecule has 0 atom stereocenters. The highest BCUT2D eigenvalue weighted by Gasteiger charge is 2.52. The third-order valence-corrected chi connectivity index (χ3v) is 3.87. The Bertz CT molecular complexity index is 414. The van der Waals surface area contributed by atoms with Gasteiger partial charge in [-0.3, -0.25) is 4.79 Å². The number of carbonyl (C=O) groups excluding carboxylic acids is 1. The number of rotatable bonds is 3. The van der Waals surface area contributed by atoms with E-state index < -0.39 is 11.3 Å². The molecule has 1 aliphatic rings. The van der Waals surface area contributed by atoms with Gasteiger partial charge in [0, 0.05) is 12.5 Å². The Morgan fingerprint density at radius 3 is 2.47 bits per heavy atom. The lowest BCUT2D eigenvalue weighted by atomic mass is 9.73. The van der Waals surface area contributed by atoms with E-state index >= 15 is 0 Å². The number of benzene rings is 1. The van der Waals surface area contributed by atoms with Crippen molar-refractivity contribution in [1.82, 2.24) is 0 Å². The molecule has 2 rings (SSSR count). The smallest absolute Gasteiger partial charge is 0.254 e. The highest BCUT2D eigenvalue weighted by atomic mass is 19.3. The van der Waals surface area contributed by atoms with E-state index in [9.17, 15) is 13.6 Å². The molecular formula is C14H16F2O. The molecule has 0 amide bonds. The number of alkyl halides is 2. The lowest BCUT2D eigenvalue weighted by Crippen LogP contribution is -2.40. The van der Waals surface area contributed by atoms with E-state index in [4.69, 9.17) is 0 Å². The standard InChI is InChI=1S/C14H16F2O/c1-13(15,16)14(7-2-3-8-14)12-6-4-5-11(9-12)10-17/h4-6,9-10H,2-3,7-8H2,1H3. The van der Waals surface area contributed by atoms with E-state index in [1.165, 1.54) is 0 Å². The second-order valence-electron chi connectivity index (χ2n) is 4.92. The molecule has 0 unspecified atom stereocenters. The first-order valence-electron chi connectivity index (χ1n) is 5.93. The van der Waals surface area contributed by atoms with Crippen LogP contribution in [-0.4, -0.2) is 12.2 Å². The van der Waals surface area contributed by atoms with E-state index in [1.54, 1.807) is 24.3 Å². The van der Waals surface area contributed by atoms with Crippen LogP contribution in [0.25, 0.3) is 0 Å². The SMILES string of the molecule is CC(F)(F)C1(c2cccc(C=O)c2)CCCC1. The third-order valence-electron chi connectivity index (χ3n) is 3.87. The van der Waals surface area contributed by atoms with Crippen molar-refractivity contribution < 1.29 is 13.6 Å². The van der Waals surface area contributed by atoms with Crippen LogP contribution >= 0.6 is 0 Å². The van der Waals surface area contributed by atoms with Crippen LogP contribution in [-0.2, 0) is 5.41 Å². The summed E-state index contributed by atoms with van der Waals surface area (Å²) in [7, 11) is 0. The number of aldehydes is 1. The van der Waals surface area contributed by atoms with E-state index in [1.807, 2.05) is 0 Å². The lowest BCUT2D eigenvalue weighted by molar-refractivity contribution is -0.0600. The average molecular weight is 238 g/mol. The van der Waals surface area contributed by atoms with E-state index in [-0.39, 0.29) is 0 Å². The molecule has 1 saturated carbocycles. The zero-order valence-electron chi connectivity index (χ0n) is 9.88. The summed E-state index contributed by atoms with van der Waals surface area (Å²) in [5.74, 6) is -2.75. The highest BCUT2D eigenvalue weighted by Crippen LogP contribution is 2.51. The summed E-state index contributed by atoms with van der Waals surface area (Å²) in [4.78, 5) is 10.7. The second-order valence-corrected chi connectivity index (χ2v) is 4.92. The average Bonchev–Trinajstić information content (AvgIpc) is 2.79. The molecule has 1 aromatic carbocycles. The van der Waals surface area contributed by atoms with Gasteiger partial charge in [-0.25, -0.2) is 8.78 Å². The van der Waals surface area contributed by atoms with Crippen LogP contribution in [0.3, 0.4) is 0 Å². The van der Waals surface area contributed by atoms with Crippen molar-refractivity contribution in [2.75, 3.05) is 0 Å². The van der Waals surface area contributed by atoms with Gasteiger partial charge in [0.15, 0.2) is 0 Å². The number of hydrogen-bond donors (Lipinski definition) is 0. The summed E-state index contributed by atoms with van der Waals surface area (Å²) >= 11 is 0. The van der Waals surface area contributed by atoms with Crippen molar-refractivity contribution in [3.63, 3.8) is 0 Å². The Balaban J connectivity index is 2.49. The lowest BCUT2D eigenvalue weighted by Gasteiger charge is -2.35. The molecule has 1 aliphatic carbocycles. The van der Waals surface area contributed by atoms with Gasteiger partial charge in [-0.05, 0) is 24.5 Å². The van der Waals surface area contributed by atoms with Gasteiger partial charge in [-0.15, -0.1) is 0 Å². The Hall–Kier alpha value is -1.25. The van der Waals surface area contributed by atoms with E-state index in [0.717, 1.165) is 19.8 Å². The fraction of sp³-hybridized carbons (Fsp3) is 0.500. The molecule has 0 spiro atoms. The third kappa shape index (κ3) is 1.99. The van der Waals surface area contributed by atoms with Gasteiger partial charge in [0.25, 0.3) is 5.92 Å². The molecule has 17 heavy (non-hydrogen) atoms. The number of carbonyl (C=O) groups is 1. The Morgan fingerprint density at radius 2 is 1.94 bits per heavy atom. The normalized spacial score (nSPS) is 19.2. The van der Waals surface area contributed by atoms with Crippen LogP contribution in [0.4, 0.5) is 8.78 Å². The topological polar surface area (TPSA) is 17.1 Å². The monoisotopic (exact) mass is 238 g/mol. The zero-order valence-corrected chi connectivity index (χ0v) is 9.88. The molecule has 0 bridgehead atoms. The maximum absolute atomic E-state index is 13.9. The first kappa shape index (κ1) is 12.2. The number of halogens is 2. The minimum absolute atomic E-state index is 0.470. The van der Waals surface area contributed by atoms with Gasteiger partial charge in [0.1, 0.15) is 6.29 Å². The van der Waals surface area contributed by atoms with Crippen LogP contribution in [0, 0.1) is 0 Å². The number of hydrogen-bond acceptors (Lipinski definition) is 1. The van der Waals surface area contributed by atoms with Crippen molar-refractivity contribution in [2.45, 2.75) is 43.9 Å². The van der Waals surface area contributed by atoms with Crippen LogP contribution in [0.15, 0.2) is 24.3 Å². The highest BCUT2D eigenvalue weighted by molar-refractivity contribution is 5.75. The van der Waals surface area contributed by atoms with Gasteiger partial charge in [0.05, 0.1) is 5.41 Å².